The fraction of sp³-hybridized carbons (Fsp3) is 0.235. The lowest BCUT2D eigenvalue weighted by molar-refractivity contribution is -0.140. The van der Waals surface area contributed by atoms with Gasteiger partial charge in [0.15, 0.2) is 0 Å². The zero-order valence-corrected chi connectivity index (χ0v) is 27.2. The van der Waals surface area contributed by atoms with Crippen molar-refractivity contribution in [2.75, 3.05) is 10.8 Å². The summed E-state index contributed by atoms with van der Waals surface area (Å²) >= 11 is 3.41. The van der Waals surface area contributed by atoms with Crippen LogP contribution in [0.5, 0.6) is 0 Å². The van der Waals surface area contributed by atoms with Crippen LogP contribution < -0.4 is 9.62 Å². The Balaban J connectivity index is 1.80. The standard InChI is InChI=1S/C34H35BrFN3O4S/c1-24(2)37-34(41)32(20-26-8-5-4-6-9-26)38(22-27-14-16-29(36)17-15-27)33(40)23-39(30-11-7-10-28(35)21-30)44(42,43)31-18-12-25(3)13-19-31/h4-19,21,24,32H,20,22-23H2,1-3H3,(H,37,41). The van der Waals surface area contributed by atoms with Crippen LogP contribution in [0.3, 0.4) is 0 Å². The molecule has 1 N–H and O–H groups in total. The number of sulfonamides is 1. The molecule has 4 aromatic rings. The lowest BCUT2D eigenvalue weighted by atomic mass is 10.0. The first kappa shape index (κ1) is 32.9. The lowest BCUT2D eigenvalue weighted by Gasteiger charge is -2.34. The number of hydrogen-bond donors (Lipinski definition) is 1. The Morgan fingerprint density at radius 1 is 0.864 bits per heavy atom. The summed E-state index contributed by atoms with van der Waals surface area (Å²) in [5, 5.41) is 2.92. The average molecular weight is 681 g/mol. The molecular formula is C34H35BrFN3O4S. The van der Waals surface area contributed by atoms with Gasteiger partial charge in [0.1, 0.15) is 18.4 Å². The summed E-state index contributed by atoms with van der Waals surface area (Å²) in [7, 11) is -4.20. The number of aryl methyl sites for hydroxylation is 1. The summed E-state index contributed by atoms with van der Waals surface area (Å²) in [6.07, 6.45) is 0.188. The van der Waals surface area contributed by atoms with Gasteiger partial charge in [-0.05, 0) is 74.4 Å². The topological polar surface area (TPSA) is 86.8 Å². The third-order valence-corrected chi connectivity index (χ3v) is 9.23. The van der Waals surface area contributed by atoms with Crippen LogP contribution in [0, 0.1) is 12.7 Å². The van der Waals surface area contributed by atoms with E-state index in [2.05, 4.69) is 21.2 Å². The molecule has 44 heavy (non-hydrogen) atoms. The first-order chi connectivity index (χ1) is 20.9. The molecule has 0 heterocycles. The Hall–Kier alpha value is -4.02. The molecule has 0 saturated carbocycles. The molecule has 1 atom stereocenters. The Morgan fingerprint density at radius 3 is 2.14 bits per heavy atom. The molecule has 230 valence electrons. The molecule has 1 unspecified atom stereocenters. The minimum atomic E-state index is -4.20. The van der Waals surface area contributed by atoms with Crippen LogP contribution in [0.25, 0.3) is 0 Å². The maximum atomic E-state index is 14.4. The van der Waals surface area contributed by atoms with E-state index < -0.39 is 34.3 Å². The molecular weight excluding hydrogens is 645 g/mol. The van der Waals surface area contributed by atoms with Crippen molar-refractivity contribution in [1.29, 1.82) is 0 Å². The maximum absolute atomic E-state index is 14.4. The fourth-order valence-electron chi connectivity index (χ4n) is 4.72. The highest BCUT2D eigenvalue weighted by Gasteiger charge is 2.35. The van der Waals surface area contributed by atoms with E-state index in [1.165, 1.54) is 29.2 Å². The monoisotopic (exact) mass is 679 g/mol. The predicted molar refractivity (Wildman–Crippen MR) is 174 cm³/mol. The van der Waals surface area contributed by atoms with E-state index in [0.717, 1.165) is 15.4 Å². The van der Waals surface area contributed by atoms with Gasteiger partial charge in [0.05, 0.1) is 10.6 Å². The van der Waals surface area contributed by atoms with E-state index in [-0.39, 0.29) is 35.5 Å². The van der Waals surface area contributed by atoms with Crippen LogP contribution in [0.15, 0.2) is 112 Å². The number of anilines is 1. The summed E-state index contributed by atoms with van der Waals surface area (Å²) in [5.74, 6) is -1.41. The molecule has 0 radical (unpaired) electrons. The molecule has 0 bridgehead atoms. The number of benzene rings is 4. The maximum Gasteiger partial charge on any atom is 0.264 e. The normalized spacial score (nSPS) is 12.0. The molecule has 0 spiro atoms. The van der Waals surface area contributed by atoms with E-state index in [0.29, 0.717) is 10.0 Å². The summed E-state index contributed by atoms with van der Waals surface area (Å²) in [6, 6.07) is 26.8. The van der Waals surface area contributed by atoms with Gasteiger partial charge in [0.2, 0.25) is 11.8 Å². The molecule has 10 heteroatoms. The Bertz CT molecular complexity index is 1680. The summed E-state index contributed by atoms with van der Waals surface area (Å²) in [4.78, 5) is 29.5. The molecule has 0 aliphatic rings. The second kappa shape index (κ2) is 14.6. The first-order valence-corrected chi connectivity index (χ1v) is 16.4. The molecule has 7 nitrogen and oxygen atoms in total. The third kappa shape index (κ3) is 8.54. The third-order valence-electron chi connectivity index (χ3n) is 6.95. The number of nitrogens with zero attached hydrogens (tertiary/aromatic N) is 2. The van der Waals surface area contributed by atoms with Crippen LogP contribution in [0.4, 0.5) is 10.1 Å². The van der Waals surface area contributed by atoms with Crippen LogP contribution in [-0.4, -0.2) is 43.8 Å². The van der Waals surface area contributed by atoms with Gasteiger partial charge < -0.3 is 10.2 Å². The van der Waals surface area contributed by atoms with Crippen LogP contribution in [0.2, 0.25) is 0 Å². The van der Waals surface area contributed by atoms with Crippen LogP contribution in [0.1, 0.15) is 30.5 Å². The van der Waals surface area contributed by atoms with Crippen LogP contribution in [-0.2, 0) is 32.6 Å². The highest BCUT2D eigenvalue weighted by Crippen LogP contribution is 2.27. The Kier molecular flexibility index (Phi) is 10.9. The zero-order valence-electron chi connectivity index (χ0n) is 24.8. The summed E-state index contributed by atoms with van der Waals surface area (Å²) < 4.78 is 43.6. The predicted octanol–water partition coefficient (Wildman–Crippen LogP) is 6.26. The van der Waals surface area contributed by atoms with Gasteiger partial charge in [-0.15, -0.1) is 0 Å². The number of hydrogen-bond acceptors (Lipinski definition) is 4. The van der Waals surface area contributed by atoms with E-state index in [4.69, 9.17) is 0 Å². The van der Waals surface area contributed by atoms with Gasteiger partial charge in [-0.1, -0.05) is 82.2 Å². The van der Waals surface area contributed by atoms with Crippen LogP contribution >= 0.6 is 15.9 Å². The number of halogens is 2. The minimum absolute atomic E-state index is 0.0272. The van der Waals surface area contributed by atoms with Gasteiger partial charge in [-0.25, -0.2) is 12.8 Å². The lowest BCUT2D eigenvalue weighted by Crippen LogP contribution is -2.54. The number of amides is 2. The quantitative estimate of drug-likeness (QED) is 0.192. The smallest absolute Gasteiger partial charge is 0.264 e. The highest BCUT2D eigenvalue weighted by molar-refractivity contribution is 9.10. The van der Waals surface area contributed by atoms with Gasteiger partial charge in [0.25, 0.3) is 10.0 Å². The van der Waals surface area contributed by atoms with Gasteiger partial charge in [-0.2, -0.15) is 0 Å². The number of carbonyl (C=O) groups excluding carboxylic acids is 2. The first-order valence-electron chi connectivity index (χ1n) is 14.2. The molecule has 0 aromatic heterocycles. The molecule has 2 amide bonds. The summed E-state index contributed by atoms with van der Waals surface area (Å²) in [6.45, 7) is 4.89. The van der Waals surface area contributed by atoms with Crippen molar-refractivity contribution in [3.8, 4) is 0 Å². The van der Waals surface area contributed by atoms with Crippen molar-refractivity contribution in [1.82, 2.24) is 10.2 Å². The second-order valence-corrected chi connectivity index (χ2v) is 13.6. The van der Waals surface area contributed by atoms with Gasteiger partial charge in [-0.3, -0.25) is 13.9 Å². The van der Waals surface area contributed by atoms with Gasteiger partial charge in [0, 0.05) is 23.5 Å². The molecule has 0 aliphatic heterocycles. The van der Waals surface area contributed by atoms with Crippen molar-refractivity contribution in [2.45, 2.75) is 50.7 Å². The molecule has 0 fully saturated rings. The number of rotatable bonds is 12. The SMILES string of the molecule is Cc1ccc(S(=O)(=O)N(CC(=O)N(Cc2ccc(F)cc2)C(Cc2ccccc2)C(=O)NC(C)C)c2cccc(Br)c2)cc1. The molecule has 0 saturated heterocycles. The van der Waals surface area contributed by atoms with E-state index >= 15 is 0 Å². The zero-order chi connectivity index (χ0) is 31.9. The average Bonchev–Trinajstić information content (AvgIpc) is 2.98. The van der Waals surface area contributed by atoms with Crippen molar-refractivity contribution >= 4 is 43.5 Å². The van der Waals surface area contributed by atoms with Crippen molar-refractivity contribution in [2.24, 2.45) is 0 Å². The fourth-order valence-corrected chi connectivity index (χ4v) is 6.51. The Morgan fingerprint density at radius 2 is 1.52 bits per heavy atom. The highest BCUT2D eigenvalue weighted by atomic mass is 79.9. The molecule has 0 aliphatic carbocycles. The minimum Gasteiger partial charge on any atom is -0.352 e. The van der Waals surface area contributed by atoms with Crippen molar-refractivity contribution < 1.29 is 22.4 Å². The van der Waals surface area contributed by atoms with Crippen molar-refractivity contribution in [3.63, 3.8) is 0 Å². The largest absolute Gasteiger partial charge is 0.352 e. The molecule has 4 rings (SSSR count). The Labute approximate surface area is 266 Å². The van der Waals surface area contributed by atoms with E-state index in [1.807, 2.05) is 51.1 Å². The number of nitrogens with one attached hydrogen (secondary N) is 1. The summed E-state index contributed by atoms with van der Waals surface area (Å²) in [5.41, 5.74) is 2.58. The van der Waals surface area contributed by atoms with Crippen molar-refractivity contribution in [3.05, 3.63) is 130 Å². The van der Waals surface area contributed by atoms with E-state index in [1.54, 1.807) is 48.5 Å². The molecule has 4 aromatic carbocycles. The van der Waals surface area contributed by atoms with E-state index in [9.17, 15) is 22.4 Å². The second-order valence-electron chi connectivity index (χ2n) is 10.8. The van der Waals surface area contributed by atoms with Gasteiger partial charge >= 0.3 is 0 Å². The number of carbonyl (C=O) groups is 2.